The molecule has 0 rings (SSSR count). The highest BCUT2D eigenvalue weighted by Gasteiger charge is 2.24. The molecule has 0 aliphatic rings. The van der Waals surface area contributed by atoms with Gasteiger partial charge in [0.1, 0.15) is 0 Å². The molecule has 0 aliphatic carbocycles. The van der Waals surface area contributed by atoms with Gasteiger partial charge < -0.3 is 5.73 Å². The second kappa shape index (κ2) is 3.97. The predicted molar refractivity (Wildman–Crippen MR) is 27.0 cm³/mol. The Morgan fingerprint density at radius 1 is 1.25 bits per heavy atom. The highest BCUT2D eigenvalue weighted by Crippen LogP contribution is 2.17. The van der Waals surface area contributed by atoms with Crippen LogP contribution in [-0.2, 0) is 0 Å². The average Bonchev–Trinajstić information content (AvgIpc) is 1.30. The molecule has 0 saturated carbocycles. The molecule has 0 saturated heterocycles. The molecule has 0 spiro atoms. The quantitative estimate of drug-likeness (QED) is 0.598. The Morgan fingerprint density at radius 2 is 1.62 bits per heavy atom. The van der Waals surface area contributed by atoms with Gasteiger partial charge in [-0.25, -0.2) is 0 Å². The van der Waals surface area contributed by atoms with Crippen molar-refractivity contribution in [2.45, 2.75) is 12.6 Å². The first-order valence-corrected chi connectivity index (χ1v) is 1.83. The summed E-state index contributed by atoms with van der Waals surface area (Å²) in [5.41, 5.74) is 4.59. The van der Waals surface area contributed by atoms with Crippen molar-refractivity contribution >= 4 is 12.4 Å². The molecule has 0 atom stereocenters. The lowest BCUT2D eigenvalue weighted by molar-refractivity contribution is -0.132. The van der Waals surface area contributed by atoms with Gasteiger partial charge in [-0.1, -0.05) is 0 Å². The first-order valence-electron chi connectivity index (χ1n) is 1.83. The molecule has 8 heavy (non-hydrogen) atoms. The van der Waals surface area contributed by atoms with Crippen molar-refractivity contribution in [2.24, 2.45) is 5.73 Å². The maximum Gasteiger partial charge on any atom is 0.390 e. The van der Waals surface area contributed by atoms with Crippen molar-refractivity contribution in [3.8, 4) is 0 Å². The molecule has 52 valence electrons. The van der Waals surface area contributed by atoms with E-state index < -0.39 is 12.6 Å². The fraction of sp³-hybridized carbons (Fsp3) is 1.00. The summed E-state index contributed by atoms with van der Waals surface area (Å²) in [7, 11) is 0. The van der Waals surface area contributed by atoms with Crippen molar-refractivity contribution in [2.75, 3.05) is 6.54 Å². The van der Waals surface area contributed by atoms with Crippen molar-refractivity contribution in [1.29, 1.82) is 0 Å². The predicted octanol–water partition coefficient (Wildman–Crippen LogP) is 1.32. The molecule has 0 fully saturated rings. The molecule has 0 heterocycles. The normalized spacial score (nSPS) is 10.5. The minimum Gasteiger partial charge on any atom is -0.330 e. The highest BCUT2D eigenvalue weighted by molar-refractivity contribution is 5.85. The lowest BCUT2D eigenvalue weighted by Crippen LogP contribution is -2.14. The van der Waals surface area contributed by atoms with Crippen LogP contribution in [0, 0.1) is 0 Å². The van der Waals surface area contributed by atoms with Gasteiger partial charge in [-0.2, -0.15) is 13.2 Å². The summed E-state index contributed by atoms with van der Waals surface area (Å²) in [5.74, 6) is 0. The van der Waals surface area contributed by atoms with E-state index >= 15 is 0 Å². The fourth-order valence-electron chi connectivity index (χ4n) is 0.164. The van der Waals surface area contributed by atoms with Crippen LogP contribution in [0.3, 0.4) is 0 Å². The van der Waals surface area contributed by atoms with Crippen LogP contribution in [0.4, 0.5) is 13.2 Å². The van der Waals surface area contributed by atoms with E-state index in [0.717, 1.165) is 0 Å². The van der Waals surface area contributed by atoms with E-state index in [9.17, 15) is 13.2 Å². The Hall–Kier alpha value is 0.0400. The lowest BCUT2D eigenvalue weighted by atomic mass is 10.4. The second-order valence-electron chi connectivity index (χ2n) is 1.15. The second-order valence-corrected chi connectivity index (χ2v) is 1.15. The number of nitrogens with two attached hydrogens (primary N) is 1. The van der Waals surface area contributed by atoms with Gasteiger partial charge in [-0.05, 0) is 0 Å². The smallest absolute Gasteiger partial charge is 0.330 e. The SMILES string of the molecule is Cl.NCCC(F)(F)F. The van der Waals surface area contributed by atoms with Crippen LogP contribution in [-0.4, -0.2) is 12.7 Å². The number of hydrogen-bond donors (Lipinski definition) is 1. The number of halogens is 4. The third-order valence-corrected chi connectivity index (χ3v) is 0.428. The zero-order valence-electron chi connectivity index (χ0n) is 4.03. The van der Waals surface area contributed by atoms with Crippen molar-refractivity contribution in [1.82, 2.24) is 0 Å². The lowest BCUT2D eigenvalue weighted by Gasteiger charge is -2.00. The van der Waals surface area contributed by atoms with E-state index in [-0.39, 0.29) is 19.0 Å². The molecular weight excluding hydrogens is 142 g/mol. The first kappa shape index (κ1) is 10.9. The monoisotopic (exact) mass is 149 g/mol. The van der Waals surface area contributed by atoms with Gasteiger partial charge in [-0.15, -0.1) is 12.4 Å². The maximum atomic E-state index is 11.0. The van der Waals surface area contributed by atoms with Crippen LogP contribution in [0.25, 0.3) is 0 Å². The van der Waals surface area contributed by atoms with E-state index in [4.69, 9.17) is 0 Å². The summed E-state index contributed by atoms with van der Waals surface area (Å²) in [6, 6.07) is 0. The molecule has 2 N–H and O–H groups in total. The van der Waals surface area contributed by atoms with Gasteiger partial charge in [0, 0.05) is 6.54 Å². The Balaban J connectivity index is 0. The average molecular weight is 150 g/mol. The topological polar surface area (TPSA) is 26.0 Å². The molecule has 1 nitrogen and oxygen atoms in total. The molecule has 0 aromatic carbocycles. The Kier molecular flexibility index (Phi) is 5.42. The van der Waals surface area contributed by atoms with Crippen LogP contribution in [0.15, 0.2) is 0 Å². The van der Waals surface area contributed by atoms with Crippen LogP contribution in [0.5, 0.6) is 0 Å². The molecule has 0 bridgehead atoms. The molecule has 0 radical (unpaired) electrons. The summed E-state index contributed by atoms with van der Waals surface area (Å²) in [6.45, 7) is -0.316. The zero-order chi connectivity index (χ0) is 5.91. The number of hydrogen-bond acceptors (Lipinski definition) is 1. The van der Waals surface area contributed by atoms with E-state index in [1.807, 2.05) is 0 Å². The summed E-state index contributed by atoms with van der Waals surface area (Å²) >= 11 is 0. The Bertz CT molecular complexity index is 53.0. The highest BCUT2D eigenvalue weighted by atomic mass is 35.5. The van der Waals surface area contributed by atoms with E-state index in [2.05, 4.69) is 5.73 Å². The molecule has 0 aliphatic heterocycles. The molecule has 0 aromatic rings. The van der Waals surface area contributed by atoms with Crippen molar-refractivity contribution in [3.63, 3.8) is 0 Å². The summed E-state index contributed by atoms with van der Waals surface area (Å²) in [4.78, 5) is 0. The van der Waals surface area contributed by atoms with Crippen molar-refractivity contribution < 1.29 is 13.2 Å². The largest absolute Gasteiger partial charge is 0.390 e. The third kappa shape index (κ3) is 9.40. The van der Waals surface area contributed by atoms with Crippen LogP contribution in [0.2, 0.25) is 0 Å². The summed E-state index contributed by atoms with van der Waals surface area (Å²) < 4.78 is 32.9. The molecule has 0 amide bonds. The van der Waals surface area contributed by atoms with E-state index in [1.165, 1.54) is 0 Å². The van der Waals surface area contributed by atoms with E-state index in [1.54, 1.807) is 0 Å². The van der Waals surface area contributed by atoms with Crippen molar-refractivity contribution in [3.05, 3.63) is 0 Å². The van der Waals surface area contributed by atoms with Gasteiger partial charge in [-0.3, -0.25) is 0 Å². The summed E-state index contributed by atoms with van der Waals surface area (Å²) in [6.07, 6.45) is -4.96. The third-order valence-electron chi connectivity index (χ3n) is 0.428. The molecule has 0 unspecified atom stereocenters. The van der Waals surface area contributed by atoms with E-state index in [0.29, 0.717) is 0 Å². The minimum atomic E-state index is -4.07. The molecule has 0 aromatic heterocycles. The molecule has 5 heteroatoms. The molecular formula is C3H7ClF3N. The van der Waals surface area contributed by atoms with Crippen LogP contribution >= 0.6 is 12.4 Å². The maximum absolute atomic E-state index is 11.0. The first-order chi connectivity index (χ1) is 3.06. The van der Waals surface area contributed by atoms with Gasteiger partial charge in [0.05, 0.1) is 6.42 Å². The van der Waals surface area contributed by atoms with Gasteiger partial charge in [0.2, 0.25) is 0 Å². The summed E-state index contributed by atoms with van der Waals surface area (Å²) in [5, 5.41) is 0. The van der Waals surface area contributed by atoms with Crippen LogP contribution in [0.1, 0.15) is 6.42 Å². The standard InChI is InChI=1S/C3H6F3N.ClH/c4-3(5,6)1-2-7;/h1-2,7H2;1H. The van der Waals surface area contributed by atoms with Gasteiger partial charge >= 0.3 is 6.18 Å². The zero-order valence-corrected chi connectivity index (χ0v) is 4.85. The van der Waals surface area contributed by atoms with Gasteiger partial charge in [0.25, 0.3) is 0 Å². The van der Waals surface area contributed by atoms with Crippen LogP contribution < -0.4 is 5.73 Å². The Labute approximate surface area is 51.5 Å². The number of alkyl halides is 3. The van der Waals surface area contributed by atoms with Gasteiger partial charge in [0.15, 0.2) is 0 Å². The Morgan fingerprint density at radius 3 is 1.62 bits per heavy atom. The number of rotatable bonds is 1. The minimum absolute atomic E-state index is 0. The fourth-order valence-corrected chi connectivity index (χ4v) is 0.164.